The molecule has 0 aliphatic carbocycles. The van der Waals surface area contributed by atoms with Crippen molar-refractivity contribution < 1.29 is 4.79 Å². The molecule has 2 heterocycles. The number of anilines is 4. The van der Waals surface area contributed by atoms with Gasteiger partial charge in [-0.3, -0.25) is 4.90 Å². The Morgan fingerprint density at radius 2 is 2.12 bits per heavy atom. The Morgan fingerprint density at radius 3 is 2.83 bits per heavy atom. The molecule has 0 atom stereocenters. The highest BCUT2D eigenvalue weighted by atomic mass is 35.5. The first-order valence-electron chi connectivity index (χ1n) is 7.09. The predicted molar refractivity (Wildman–Crippen MR) is 96.3 cm³/mol. The summed E-state index contributed by atoms with van der Waals surface area (Å²) in [5.41, 5.74) is 1.25. The van der Waals surface area contributed by atoms with Gasteiger partial charge in [0.15, 0.2) is 5.82 Å². The minimum absolute atomic E-state index is 0.234. The number of amides is 2. The standard InChI is InChI=1S/C15H14Cl2N6O/c1-18-13-12(23-6-2-5-19-15(23)24)8-20-14(22-13)21-9-3-4-10(16)11(17)7-9/h2-4,6-8H,5H2,1H3,(H,19,24)(H2,18,20,21,22). The summed E-state index contributed by atoms with van der Waals surface area (Å²) in [5, 5.41) is 9.64. The molecular formula is C15H14Cl2N6O. The molecule has 0 spiro atoms. The molecule has 9 heteroatoms. The fraction of sp³-hybridized carbons (Fsp3) is 0.133. The highest BCUT2D eigenvalue weighted by Gasteiger charge is 2.20. The lowest BCUT2D eigenvalue weighted by atomic mass is 10.3. The number of urea groups is 1. The summed E-state index contributed by atoms with van der Waals surface area (Å²) < 4.78 is 0. The van der Waals surface area contributed by atoms with Crippen molar-refractivity contribution in [3.63, 3.8) is 0 Å². The number of hydrogen-bond donors (Lipinski definition) is 3. The van der Waals surface area contributed by atoms with Gasteiger partial charge < -0.3 is 16.0 Å². The summed E-state index contributed by atoms with van der Waals surface area (Å²) in [6.45, 7) is 0.502. The van der Waals surface area contributed by atoms with E-state index >= 15 is 0 Å². The molecule has 124 valence electrons. The Bertz CT molecular complexity index is 811. The molecule has 1 aliphatic heterocycles. The van der Waals surface area contributed by atoms with Crippen molar-refractivity contribution in [3.05, 3.63) is 46.7 Å². The van der Waals surface area contributed by atoms with Crippen LogP contribution in [0.5, 0.6) is 0 Å². The number of benzene rings is 1. The van der Waals surface area contributed by atoms with E-state index in [1.54, 1.807) is 37.6 Å². The van der Waals surface area contributed by atoms with Gasteiger partial charge in [-0.1, -0.05) is 23.2 Å². The molecule has 3 rings (SSSR count). The number of aromatic nitrogens is 2. The molecule has 1 aliphatic rings. The van der Waals surface area contributed by atoms with Gasteiger partial charge in [-0.15, -0.1) is 0 Å². The van der Waals surface area contributed by atoms with Crippen LogP contribution in [-0.4, -0.2) is 29.6 Å². The Labute approximate surface area is 148 Å². The minimum atomic E-state index is -0.234. The zero-order valence-electron chi connectivity index (χ0n) is 12.7. The molecule has 0 saturated carbocycles. The van der Waals surface area contributed by atoms with Gasteiger partial charge in [-0.05, 0) is 24.3 Å². The van der Waals surface area contributed by atoms with Gasteiger partial charge in [-0.25, -0.2) is 9.78 Å². The Morgan fingerprint density at radius 1 is 1.29 bits per heavy atom. The first kappa shape index (κ1) is 16.4. The SMILES string of the molecule is CNc1nc(Nc2ccc(Cl)c(Cl)c2)ncc1N1C=CCNC1=O. The van der Waals surface area contributed by atoms with E-state index in [1.165, 1.54) is 4.90 Å². The Hall–Kier alpha value is -2.51. The maximum Gasteiger partial charge on any atom is 0.326 e. The van der Waals surface area contributed by atoms with Crippen LogP contribution in [0, 0.1) is 0 Å². The molecule has 24 heavy (non-hydrogen) atoms. The van der Waals surface area contributed by atoms with Crippen LogP contribution in [0.1, 0.15) is 0 Å². The molecule has 3 N–H and O–H groups in total. The number of carbonyl (C=O) groups is 1. The molecule has 1 aromatic carbocycles. The number of hydrogen-bond acceptors (Lipinski definition) is 5. The number of carbonyl (C=O) groups excluding carboxylic acids is 1. The topological polar surface area (TPSA) is 82.2 Å². The molecule has 0 bridgehead atoms. The average molecular weight is 365 g/mol. The first-order valence-corrected chi connectivity index (χ1v) is 7.84. The Balaban J connectivity index is 1.88. The van der Waals surface area contributed by atoms with Gasteiger partial charge in [0, 0.05) is 25.5 Å². The van der Waals surface area contributed by atoms with Gasteiger partial charge in [0.1, 0.15) is 5.69 Å². The van der Waals surface area contributed by atoms with Crippen LogP contribution in [0.4, 0.5) is 27.9 Å². The molecule has 0 fully saturated rings. The maximum atomic E-state index is 11.9. The molecule has 7 nitrogen and oxygen atoms in total. The number of nitrogens with one attached hydrogen (secondary N) is 3. The van der Waals surface area contributed by atoms with E-state index in [0.29, 0.717) is 39.7 Å². The van der Waals surface area contributed by atoms with Crippen molar-refractivity contribution in [2.45, 2.75) is 0 Å². The van der Waals surface area contributed by atoms with Crippen LogP contribution in [0.15, 0.2) is 36.7 Å². The Kier molecular flexibility index (Phi) is 4.73. The summed E-state index contributed by atoms with van der Waals surface area (Å²) in [6, 6.07) is 4.90. The van der Waals surface area contributed by atoms with Crippen molar-refractivity contribution in [1.29, 1.82) is 0 Å². The molecule has 0 radical (unpaired) electrons. The van der Waals surface area contributed by atoms with Crippen molar-refractivity contribution in [2.75, 3.05) is 29.1 Å². The lowest BCUT2D eigenvalue weighted by Crippen LogP contribution is -2.40. The van der Waals surface area contributed by atoms with Crippen LogP contribution in [0.3, 0.4) is 0 Å². The van der Waals surface area contributed by atoms with Gasteiger partial charge in [0.25, 0.3) is 0 Å². The molecule has 2 aromatic rings. The number of nitrogens with zero attached hydrogens (tertiary/aromatic N) is 3. The third-order valence-electron chi connectivity index (χ3n) is 3.29. The van der Waals surface area contributed by atoms with E-state index in [2.05, 4.69) is 25.9 Å². The lowest BCUT2D eigenvalue weighted by molar-refractivity contribution is 0.248. The van der Waals surface area contributed by atoms with Crippen molar-refractivity contribution in [3.8, 4) is 0 Å². The predicted octanol–water partition coefficient (Wildman–Crippen LogP) is 3.61. The van der Waals surface area contributed by atoms with E-state index in [9.17, 15) is 4.79 Å². The van der Waals surface area contributed by atoms with Crippen molar-refractivity contribution in [2.24, 2.45) is 0 Å². The van der Waals surface area contributed by atoms with Gasteiger partial charge in [-0.2, -0.15) is 4.98 Å². The fourth-order valence-electron chi connectivity index (χ4n) is 2.15. The maximum absolute atomic E-state index is 11.9. The van der Waals surface area contributed by atoms with Gasteiger partial charge >= 0.3 is 6.03 Å². The van der Waals surface area contributed by atoms with Crippen LogP contribution in [0.25, 0.3) is 0 Å². The van der Waals surface area contributed by atoms with Crippen LogP contribution in [-0.2, 0) is 0 Å². The van der Waals surface area contributed by atoms with Crippen LogP contribution in [0.2, 0.25) is 10.0 Å². The lowest BCUT2D eigenvalue weighted by Gasteiger charge is -2.23. The zero-order chi connectivity index (χ0) is 17.1. The second kappa shape index (κ2) is 6.94. The summed E-state index contributed by atoms with van der Waals surface area (Å²) in [7, 11) is 1.72. The summed E-state index contributed by atoms with van der Waals surface area (Å²) in [6.07, 6.45) is 5.08. The highest BCUT2D eigenvalue weighted by Crippen LogP contribution is 2.28. The van der Waals surface area contributed by atoms with E-state index in [1.807, 2.05) is 6.08 Å². The zero-order valence-corrected chi connectivity index (χ0v) is 14.2. The monoisotopic (exact) mass is 364 g/mol. The van der Waals surface area contributed by atoms with Crippen molar-refractivity contribution in [1.82, 2.24) is 15.3 Å². The van der Waals surface area contributed by atoms with Crippen LogP contribution >= 0.6 is 23.2 Å². The normalized spacial score (nSPS) is 13.6. The first-order chi connectivity index (χ1) is 11.6. The quantitative estimate of drug-likeness (QED) is 0.771. The average Bonchev–Trinajstić information content (AvgIpc) is 2.59. The summed E-state index contributed by atoms with van der Waals surface area (Å²) >= 11 is 11.9. The van der Waals surface area contributed by atoms with Gasteiger partial charge in [0.2, 0.25) is 5.95 Å². The summed E-state index contributed by atoms with van der Waals surface area (Å²) in [4.78, 5) is 22.0. The van der Waals surface area contributed by atoms with E-state index in [4.69, 9.17) is 23.2 Å². The smallest absolute Gasteiger partial charge is 0.326 e. The number of rotatable bonds is 4. The number of halogens is 2. The second-order valence-corrected chi connectivity index (χ2v) is 5.69. The molecular weight excluding hydrogens is 351 g/mol. The fourth-order valence-corrected chi connectivity index (χ4v) is 2.44. The van der Waals surface area contributed by atoms with Crippen molar-refractivity contribution >= 4 is 52.4 Å². The van der Waals surface area contributed by atoms with E-state index in [0.717, 1.165) is 0 Å². The van der Waals surface area contributed by atoms with Gasteiger partial charge in [0.05, 0.1) is 16.2 Å². The highest BCUT2D eigenvalue weighted by molar-refractivity contribution is 6.42. The molecule has 1 aromatic heterocycles. The minimum Gasteiger partial charge on any atom is -0.371 e. The largest absolute Gasteiger partial charge is 0.371 e. The van der Waals surface area contributed by atoms with Crippen LogP contribution < -0.4 is 20.9 Å². The van der Waals surface area contributed by atoms with E-state index in [-0.39, 0.29) is 6.03 Å². The summed E-state index contributed by atoms with van der Waals surface area (Å²) in [5.74, 6) is 0.872. The molecule has 2 amide bonds. The second-order valence-electron chi connectivity index (χ2n) is 4.87. The molecule has 0 saturated heterocycles. The third kappa shape index (κ3) is 3.37. The van der Waals surface area contributed by atoms with E-state index < -0.39 is 0 Å². The third-order valence-corrected chi connectivity index (χ3v) is 4.02. The molecule has 0 unspecified atom stereocenters.